The number of aromatic nitrogens is 2. The van der Waals surface area contributed by atoms with Gasteiger partial charge in [-0.25, -0.2) is 22.9 Å². The third kappa shape index (κ3) is 6.41. The summed E-state index contributed by atoms with van der Waals surface area (Å²) in [5, 5.41) is 1.44. The van der Waals surface area contributed by atoms with E-state index in [2.05, 4.69) is 15.3 Å². The van der Waals surface area contributed by atoms with Crippen molar-refractivity contribution in [3.05, 3.63) is 11.8 Å². The minimum absolute atomic E-state index is 0.0439. The lowest BCUT2D eigenvalue weighted by Gasteiger charge is -2.11. The molecule has 1 rings (SSSR count). The van der Waals surface area contributed by atoms with E-state index in [0.717, 1.165) is 0 Å². The molecule has 2 amide bonds. The predicted molar refractivity (Wildman–Crippen MR) is 80.8 cm³/mol. The Morgan fingerprint density at radius 1 is 1.41 bits per heavy atom. The van der Waals surface area contributed by atoms with Crippen LogP contribution in [-0.4, -0.2) is 56.4 Å². The van der Waals surface area contributed by atoms with Gasteiger partial charge >= 0.3 is 6.03 Å². The first-order valence-corrected chi connectivity index (χ1v) is 8.18. The molecule has 0 fully saturated rings. The summed E-state index contributed by atoms with van der Waals surface area (Å²) in [5.74, 6) is -0.302. The Hall–Kier alpha value is -1.65. The van der Waals surface area contributed by atoms with Gasteiger partial charge in [0.1, 0.15) is 0 Å². The van der Waals surface area contributed by atoms with Crippen LogP contribution in [0.1, 0.15) is 5.69 Å². The molecule has 0 saturated heterocycles. The number of anilines is 1. The van der Waals surface area contributed by atoms with Gasteiger partial charge in [-0.3, -0.25) is 5.32 Å². The second kappa shape index (κ2) is 8.11. The number of halogens is 1. The van der Waals surface area contributed by atoms with Gasteiger partial charge in [0.05, 0.1) is 24.8 Å². The van der Waals surface area contributed by atoms with E-state index in [1.165, 1.54) is 14.2 Å². The van der Waals surface area contributed by atoms with Crippen molar-refractivity contribution in [2.45, 2.75) is 12.3 Å². The number of amides is 2. The molecule has 1 aromatic heterocycles. The molecular formula is C11H17ClN4O5S. The highest BCUT2D eigenvalue weighted by molar-refractivity contribution is 7.90. The van der Waals surface area contributed by atoms with Gasteiger partial charge in [0, 0.05) is 18.9 Å². The van der Waals surface area contributed by atoms with Crippen molar-refractivity contribution in [1.29, 1.82) is 0 Å². The van der Waals surface area contributed by atoms with Crippen LogP contribution < -0.4 is 14.8 Å². The SMILES string of the molecule is COCC(Cl)CS(=O)(=O)NC(=O)Nc1nc(C)cc(OC)n1. The van der Waals surface area contributed by atoms with Crippen LogP contribution in [0.3, 0.4) is 0 Å². The van der Waals surface area contributed by atoms with E-state index in [9.17, 15) is 13.2 Å². The zero-order chi connectivity index (χ0) is 16.8. The lowest BCUT2D eigenvalue weighted by Crippen LogP contribution is -2.39. The van der Waals surface area contributed by atoms with E-state index < -0.39 is 27.2 Å². The Bertz CT molecular complexity index is 625. The number of alkyl halides is 1. The highest BCUT2D eigenvalue weighted by Crippen LogP contribution is 2.11. The van der Waals surface area contributed by atoms with Crippen molar-refractivity contribution in [2.24, 2.45) is 0 Å². The molecule has 2 N–H and O–H groups in total. The van der Waals surface area contributed by atoms with Crippen molar-refractivity contribution in [2.75, 3.05) is 31.9 Å². The van der Waals surface area contributed by atoms with Crippen molar-refractivity contribution < 1.29 is 22.7 Å². The van der Waals surface area contributed by atoms with Crippen molar-refractivity contribution >= 4 is 33.6 Å². The zero-order valence-electron chi connectivity index (χ0n) is 12.3. The van der Waals surface area contributed by atoms with Gasteiger partial charge in [-0.1, -0.05) is 0 Å². The van der Waals surface area contributed by atoms with E-state index >= 15 is 0 Å². The smallest absolute Gasteiger partial charge is 0.335 e. The first-order valence-electron chi connectivity index (χ1n) is 6.10. The molecule has 1 heterocycles. The Kier molecular flexibility index (Phi) is 6.78. The molecule has 1 aromatic rings. The molecule has 0 radical (unpaired) electrons. The number of nitrogens with one attached hydrogen (secondary N) is 2. The molecule has 0 aliphatic carbocycles. The molecule has 0 aliphatic heterocycles. The monoisotopic (exact) mass is 352 g/mol. The van der Waals surface area contributed by atoms with Gasteiger partial charge in [0.25, 0.3) is 0 Å². The molecular weight excluding hydrogens is 336 g/mol. The Morgan fingerprint density at radius 2 is 2.09 bits per heavy atom. The maximum absolute atomic E-state index is 11.7. The molecule has 9 nitrogen and oxygen atoms in total. The van der Waals surface area contributed by atoms with E-state index in [0.29, 0.717) is 5.69 Å². The molecule has 0 bridgehead atoms. The fourth-order valence-corrected chi connectivity index (χ4v) is 3.09. The summed E-state index contributed by atoms with van der Waals surface area (Å²) in [4.78, 5) is 19.5. The highest BCUT2D eigenvalue weighted by atomic mass is 35.5. The third-order valence-electron chi connectivity index (χ3n) is 2.26. The number of aryl methyl sites for hydroxylation is 1. The summed E-state index contributed by atoms with van der Waals surface area (Å²) >= 11 is 5.75. The van der Waals surface area contributed by atoms with Gasteiger partial charge in [-0.15, -0.1) is 11.6 Å². The number of rotatable bonds is 7. The van der Waals surface area contributed by atoms with Gasteiger partial charge in [-0.2, -0.15) is 4.98 Å². The Balaban J connectivity index is 2.68. The van der Waals surface area contributed by atoms with Crippen LogP contribution in [0.2, 0.25) is 0 Å². The zero-order valence-corrected chi connectivity index (χ0v) is 13.9. The number of nitrogens with zero attached hydrogens (tertiary/aromatic N) is 2. The van der Waals surface area contributed by atoms with E-state index in [4.69, 9.17) is 21.1 Å². The second-order valence-electron chi connectivity index (χ2n) is 4.27. The number of carbonyl (C=O) groups is 1. The lowest BCUT2D eigenvalue weighted by atomic mass is 10.4. The molecule has 1 unspecified atom stereocenters. The van der Waals surface area contributed by atoms with Gasteiger partial charge in [0.15, 0.2) is 0 Å². The van der Waals surface area contributed by atoms with Crippen LogP contribution in [0.4, 0.5) is 10.7 Å². The quantitative estimate of drug-likeness (QED) is 0.685. The average molecular weight is 353 g/mol. The molecule has 0 aromatic carbocycles. The van der Waals surface area contributed by atoms with Crippen LogP contribution >= 0.6 is 11.6 Å². The fourth-order valence-electron chi connectivity index (χ4n) is 1.48. The molecule has 0 aliphatic rings. The van der Waals surface area contributed by atoms with Crippen LogP contribution in [0.15, 0.2) is 6.07 Å². The largest absolute Gasteiger partial charge is 0.481 e. The predicted octanol–water partition coefficient (Wildman–Crippen LogP) is 0.499. The maximum Gasteiger partial charge on any atom is 0.335 e. The standard InChI is InChI=1S/C11H17ClN4O5S/c1-7-4-9(21-3)14-10(13-7)15-11(17)16-22(18,19)6-8(12)5-20-2/h4,8H,5-6H2,1-3H3,(H2,13,14,15,16,17). The number of sulfonamides is 1. The first kappa shape index (κ1) is 18.4. The summed E-state index contributed by atoms with van der Waals surface area (Å²) < 4.78 is 34.9. The number of hydrogen-bond acceptors (Lipinski definition) is 7. The van der Waals surface area contributed by atoms with Crippen LogP contribution in [0.5, 0.6) is 5.88 Å². The Labute approximate surface area is 133 Å². The number of carbonyl (C=O) groups excluding carboxylic acids is 1. The molecule has 124 valence electrons. The fraction of sp³-hybridized carbons (Fsp3) is 0.545. The minimum Gasteiger partial charge on any atom is -0.481 e. The minimum atomic E-state index is -3.91. The topological polar surface area (TPSA) is 120 Å². The van der Waals surface area contributed by atoms with E-state index in [-0.39, 0.29) is 18.4 Å². The normalized spacial score (nSPS) is 12.5. The third-order valence-corrected chi connectivity index (χ3v) is 4.06. The first-order chi connectivity index (χ1) is 10.3. The molecule has 11 heteroatoms. The molecule has 0 spiro atoms. The van der Waals surface area contributed by atoms with Crippen molar-refractivity contribution in [1.82, 2.24) is 14.7 Å². The van der Waals surface area contributed by atoms with Crippen molar-refractivity contribution in [3.63, 3.8) is 0 Å². The lowest BCUT2D eigenvalue weighted by molar-refractivity contribution is 0.202. The summed E-state index contributed by atoms with van der Waals surface area (Å²) in [6.45, 7) is 1.72. The van der Waals surface area contributed by atoms with Gasteiger partial charge < -0.3 is 9.47 Å². The molecule has 22 heavy (non-hydrogen) atoms. The average Bonchev–Trinajstić information content (AvgIpc) is 2.36. The van der Waals surface area contributed by atoms with Gasteiger partial charge in [0.2, 0.25) is 21.9 Å². The van der Waals surface area contributed by atoms with E-state index in [1.807, 2.05) is 4.72 Å². The number of hydrogen-bond donors (Lipinski definition) is 2. The maximum atomic E-state index is 11.7. The number of methoxy groups -OCH3 is 2. The summed E-state index contributed by atoms with van der Waals surface area (Å²) in [7, 11) is -1.11. The van der Waals surface area contributed by atoms with Crippen LogP contribution in [0.25, 0.3) is 0 Å². The summed E-state index contributed by atoms with van der Waals surface area (Å²) in [5.41, 5.74) is 0.547. The molecule has 1 atom stereocenters. The summed E-state index contributed by atoms with van der Waals surface area (Å²) in [6, 6.07) is 0.566. The number of urea groups is 1. The second-order valence-corrected chi connectivity index (χ2v) is 6.65. The Morgan fingerprint density at radius 3 is 2.68 bits per heavy atom. The van der Waals surface area contributed by atoms with Crippen LogP contribution in [0, 0.1) is 6.92 Å². The highest BCUT2D eigenvalue weighted by Gasteiger charge is 2.20. The van der Waals surface area contributed by atoms with Gasteiger partial charge in [-0.05, 0) is 6.92 Å². The summed E-state index contributed by atoms with van der Waals surface area (Å²) in [6.07, 6.45) is 0. The molecule has 0 saturated carbocycles. The van der Waals surface area contributed by atoms with Crippen molar-refractivity contribution in [3.8, 4) is 5.88 Å². The van der Waals surface area contributed by atoms with Crippen LogP contribution in [-0.2, 0) is 14.8 Å². The van der Waals surface area contributed by atoms with E-state index in [1.54, 1.807) is 13.0 Å². The number of ether oxygens (including phenoxy) is 2.